The Hall–Kier alpha value is -3.52. The highest BCUT2D eigenvalue weighted by Crippen LogP contribution is 2.33. The number of carbonyl (C=O) groups is 1. The van der Waals surface area contributed by atoms with Gasteiger partial charge < -0.3 is 4.74 Å². The second-order valence-electron chi connectivity index (χ2n) is 9.99. The highest BCUT2D eigenvalue weighted by molar-refractivity contribution is 5.94. The number of ether oxygens (including phenoxy) is 1. The first-order valence-electron chi connectivity index (χ1n) is 10.6. The quantitative estimate of drug-likeness (QED) is 0.438. The molecule has 0 fully saturated rings. The molecule has 0 unspecified atom stereocenters. The Morgan fingerprint density at radius 1 is 0.906 bits per heavy atom. The van der Waals surface area contributed by atoms with Crippen molar-refractivity contribution in [2.75, 3.05) is 0 Å². The van der Waals surface area contributed by atoms with Crippen LogP contribution in [-0.4, -0.2) is 15.8 Å². The third kappa shape index (κ3) is 5.20. The second-order valence-corrected chi connectivity index (χ2v) is 9.99. The molecule has 0 bridgehead atoms. The highest BCUT2D eigenvalue weighted by atomic mass is 16.5. The fraction of sp³-hybridized carbons (Fsp3) is 0.333. The monoisotopic (exact) mass is 427 g/mol. The van der Waals surface area contributed by atoms with Crippen LogP contribution in [0.25, 0.3) is 11.4 Å². The van der Waals surface area contributed by atoms with Crippen LogP contribution in [0.5, 0.6) is 11.6 Å². The van der Waals surface area contributed by atoms with Crippen molar-refractivity contribution in [1.82, 2.24) is 9.97 Å². The average Bonchev–Trinajstić information content (AvgIpc) is 2.72. The Balaban J connectivity index is 2.14. The van der Waals surface area contributed by atoms with Gasteiger partial charge >= 0.3 is 0 Å². The molecule has 0 N–H and O–H groups in total. The van der Waals surface area contributed by atoms with Crippen LogP contribution in [0, 0.1) is 11.3 Å². The molecule has 0 atom stereocenters. The van der Waals surface area contributed by atoms with Gasteiger partial charge in [0.2, 0.25) is 5.88 Å². The molecular formula is C27H29N3O2. The second kappa shape index (κ2) is 8.55. The maximum absolute atomic E-state index is 11.8. The number of carbonyl (C=O) groups excluding carboxylic acids is 1. The van der Waals surface area contributed by atoms with Crippen molar-refractivity contribution in [3.05, 3.63) is 70.9 Å². The third-order valence-electron chi connectivity index (χ3n) is 5.28. The van der Waals surface area contributed by atoms with Gasteiger partial charge in [-0.25, -0.2) is 4.98 Å². The van der Waals surface area contributed by atoms with Crippen molar-refractivity contribution in [1.29, 1.82) is 5.26 Å². The van der Waals surface area contributed by atoms with E-state index < -0.39 is 0 Å². The molecule has 2 aromatic heterocycles. The lowest BCUT2D eigenvalue weighted by Gasteiger charge is -2.22. The van der Waals surface area contributed by atoms with Crippen LogP contribution in [0.3, 0.4) is 0 Å². The van der Waals surface area contributed by atoms with Gasteiger partial charge in [-0.2, -0.15) is 5.26 Å². The molecule has 0 aliphatic carbocycles. The van der Waals surface area contributed by atoms with E-state index in [1.165, 1.54) is 6.92 Å². The van der Waals surface area contributed by atoms with Crippen LogP contribution in [-0.2, 0) is 10.8 Å². The van der Waals surface area contributed by atoms with Crippen LogP contribution < -0.4 is 4.74 Å². The van der Waals surface area contributed by atoms with E-state index in [2.05, 4.69) is 58.7 Å². The zero-order valence-electron chi connectivity index (χ0n) is 19.8. The summed E-state index contributed by atoms with van der Waals surface area (Å²) in [6.45, 7) is 14.3. The fourth-order valence-corrected chi connectivity index (χ4v) is 3.19. The highest BCUT2D eigenvalue weighted by Gasteiger charge is 2.20. The number of nitriles is 1. The third-order valence-corrected chi connectivity index (χ3v) is 5.28. The summed E-state index contributed by atoms with van der Waals surface area (Å²) in [5.41, 5.74) is 4.28. The number of nitrogens with zero attached hydrogens (tertiary/aromatic N) is 3. The maximum Gasteiger partial charge on any atom is 0.220 e. The summed E-state index contributed by atoms with van der Waals surface area (Å²) in [4.78, 5) is 21.1. The van der Waals surface area contributed by atoms with E-state index in [0.29, 0.717) is 28.5 Å². The molecule has 5 heteroatoms. The molecule has 3 rings (SSSR count). The molecular weight excluding hydrogens is 398 g/mol. The average molecular weight is 428 g/mol. The molecule has 0 spiro atoms. The number of hydrogen-bond donors (Lipinski definition) is 0. The molecule has 32 heavy (non-hydrogen) atoms. The van der Waals surface area contributed by atoms with Gasteiger partial charge in [0.1, 0.15) is 11.8 Å². The predicted octanol–water partition coefficient (Wildman–Crippen LogP) is 6.61. The fourth-order valence-electron chi connectivity index (χ4n) is 3.19. The predicted molar refractivity (Wildman–Crippen MR) is 126 cm³/mol. The summed E-state index contributed by atoms with van der Waals surface area (Å²) in [7, 11) is 0. The van der Waals surface area contributed by atoms with E-state index >= 15 is 0 Å². The van der Waals surface area contributed by atoms with Gasteiger partial charge in [0.15, 0.2) is 5.78 Å². The van der Waals surface area contributed by atoms with Crippen molar-refractivity contribution in [3.8, 4) is 29.1 Å². The minimum Gasteiger partial charge on any atom is -0.438 e. The lowest BCUT2D eigenvalue weighted by Crippen LogP contribution is -2.13. The molecule has 2 heterocycles. The van der Waals surface area contributed by atoms with Gasteiger partial charge in [0.05, 0.1) is 17.0 Å². The van der Waals surface area contributed by atoms with Gasteiger partial charge in [0.25, 0.3) is 0 Å². The van der Waals surface area contributed by atoms with Crippen molar-refractivity contribution in [2.24, 2.45) is 0 Å². The van der Waals surface area contributed by atoms with E-state index in [4.69, 9.17) is 9.72 Å². The Morgan fingerprint density at radius 2 is 1.56 bits per heavy atom. The van der Waals surface area contributed by atoms with E-state index in [9.17, 15) is 10.1 Å². The first kappa shape index (κ1) is 23.1. The van der Waals surface area contributed by atoms with Gasteiger partial charge in [0, 0.05) is 17.8 Å². The smallest absolute Gasteiger partial charge is 0.220 e. The Kier molecular flexibility index (Phi) is 6.18. The van der Waals surface area contributed by atoms with Gasteiger partial charge in [-0.05, 0) is 65.3 Å². The number of hydrogen-bond acceptors (Lipinski definition) is 5. The van der Waals surface area contributed by atoms with E-state index in [1.54, 1.807) is 24.4 Å². The summed E-state index contributed by atoms with van der Waals surface area (Å²) in [5.74, 6) is 0.563. The molecule has 3 aromatic rings. The standard InChI is InChI=1S/C27H29N3O2/c1-17(31)18-8-9-19(16-28)24(12-18)32-25-15-21(27(5,6)7)14-23(30-25)22-13-20(10-11-29-22)26(2,3)4/h8-15H,1-7H3. The topological polar surface area (TPSA) is 75.9 Å². The van der Waals surface area contributed by atoms with Crippen molar-refractivity contribution in [3.63, 3.8) is 0 Å². The number of ketones is 1. The maximum atomic E-state index is 11.8. The number of Topliss-reactive ketones (excluding diaryl/α,β-unsaturated/α-hetero) is 1. The van der Waals surface area contributed by atoms with Crippen LogP contribution in [0.2, 0.25) is 0 Å². The van der Waals surface area contributed by atoms with Crippen molar-refractivity contribution < 1.29 is 9.53 Å². The molecule has 164 valence electrons. The molecule has 5 nitrogen and oxygen atoms in total. The Labute approximate surface area is 190 Å². The summed E-state index contributed by atoms with van der Waals surface area (Å²) in [5, 5.41) is 9.50. The summed E-state index contributed by atoms with van der Waals surface area (Å²) in [6.07, 6.45) is 1.80. The number of rotatable bonds is 4. The molecule has 0 saturated heterocycles. The summed E-state index contributed by atoms with van der Waals surface area (Å²) >= 11 is 0. The molecule has 1 aromatic carbocycles. The minimum absolute atomic E-state index is 0.0204. The minimum atomic E-state index is -0.156. The number of pyridine rings is 2. The lowest BCUT2D eigenvalue weighted by atomic mass is 9.86. The van der Waals surface area contributed by atoms with E-state index in [0.717, 1.165) is 16.8 Å². The molecule has 0 amide bonds. The van der Waals surface area contributed by atoms with Gasteiger partial charge in [-0.15, -0.1) is 0 Å². The number of aromatic nitrogens is 2. The summed E-state index contributed by atoms with van der Waals surface area (Å²) in [6, 6.07) is 14.9. The summed E-state index contributed by atoms with van der Waals surface area (Å²) < 4.78 is 6.07. The molecule has 0 radical (unpaired) electrons. The van der Waals surface area contributed by atoms with E-state index in [1.807, 2.05) is 18.2 Å². The molecule has 0 aliphatic heterocycles. The Morgan fingerprint density at radius 3 is 2.16 bits per heavy atom. The van der Waals surface area contributed by atoms with Gasteiger partial charge in [-0.3, -0.25) is 9.78 Å². The van der Waals surface area contributed by atoms with Crippen molar-refractivity contribution in [2.45, 2.75) is 59.3 Å². The van der Waals surface area contributed by atoms with Crippen molar-refractivity contribution >= 4 is 5.78 Å². The first-order valence-corrected chi connectivity index (χ1v) is 10.6. The largest absolute Gasteiger partial charge is 0.438 e. The lowest BCUT2D eigenvalue weighted by molar-refractivity contribution is 0.101. The SMILES string of the molecule is CC(=O)c1ccc(C#N)c(Oc2cc(C(C)(C)C)cc(-c3cc(C(C)(C)C)ccn3)n2)c1. The Bertz CT molecular complexity index is 1210. The normalized spacial score (nSPS) is 11.7. The van der Waals surface area contributed by atoms with Crippen LogP contribution >= 0.6 is 0 Å². The van der Waals surface area contributed by atoms with Crippen LogP contribution in [0.15, 0.2) is 48.7 Å². The molecule has 0 aliphatic rings. The van der Waals surface area contributed by atoms with E-state index in [-0.39, 0.29) is 16.6 Å². The van der Waals surface area contributed by atoms with Gasteiger partial charge in [-0.1, -0.05) is 41.5 Å². The molecule has 0 saturated carbocycles. The van der Waals surface area contributed by atoms with Crippen LogP contribution in [0.4, 0.5) is 0 Å². The zero-order chi connectivity index (χ0) is 23.7. The first-order chi connectivity index (χ1) is 14.9. The van der Waals surface area contributed by atoms with Crippen LogP contribution in [0.1, 0.15) is 75.5 Å². The zero-order valence-corrected chi connectivity index (χ0v) is 19.8. The number of benzene rings is 1.